The molecule has 1 N–H and O–H groups in total. The molecule has 2 unspecified atom stereocenters. The molecule has 1 aromatic rings. The summed E-state index contributed by atoms with van der Waals surface area (Å²) in [7, 11) is 1.81. The number of amides is 2. The molecule has 2 aliphatic rings. The Balaban J connectivity index is 1.54. The number of fused-ring (bicyclic) bond motifs is 1. The molecule has 0 saturated heterocycles. The minimum absolute atomic E-state index is 0.0748. The minimum atomic E-state index is -0.227. The van der Waals surface area contributed by atoms with Crippen molar-refractivity contribution in [3.8, 4) is 11.5 Å². The third-order valence-electron chi connectivity index (χ3n) is 4.48. The predicted octanol–water partition coefficient (Wildman–Crippen LogP) is 2.29. The fraction of sp³-hybridized carbons (Fsp3) is 0.556. The topological polar surface area (TPSA) is 67.9 Å². The normalized spacial score (nSPS) is 21.1. The molecular formula is C18H24N2O4. The molecule has 2 amide bonds. The molecule has 130 valence electrons. The second-order valence-corrected chi connectivity index (χ2v) is 6.41. The zero-order valence-corrected chi connectivity index (χ0v) is 14.2. The number of rotatable bonds is 6. The molecule has 0 radical (unpaired) electrons. The molecule has 1 aliphatic carbocycles. The number of carbonyl (C=O) groups excluding carboxylic acids is 2. The van der Waals surface area contributed by atoms with Gasteiger partial charge >= 0.3 is 0 Å². The zero-order valence-electron chi connectivity index (χ0n) is 14.2. The SMILES string of the molecule is CCCCN(C)C(=O)C1CC1C(=O)Nc1ccc2c(c1)OCCO2. The summed E-state index contributed by atoms with van der Waals surface area (Å²) in [6.45, 7) is 3.89. The van der Waals surface area contributed by atoms with Crippen LogP contribution in [0.25, 0.3) is 0 Å². The van der Waals surface area contributed by atoms with E-state index in [9.17, 15) is 9.59 Å². The van der Waals surface area contributed by atoms with E-state index in [1.165, 1.54) is 0 Å². The van der Waals surface area contributed by atoms with Crippen molar-refractivity contribution in [3.63, 3.8) is 0 Å². The standard InChI is InChI=1S/C18H24N2O4/c1-3-4-7-20(2)18(22)14-11-13(14)17(21)19-12-5-6-15-16(10-12)24-9-8-23-15/h5-6,10,13-14H,3-4,7-9,11H2,1-2H3,(H,19,21). The number of hydrogen-bond donors (Lipinski definition) is 1. The lowest BCUT2D eigenvalue weighted by Crippen LogP contribution is -2.30. The first-order chi connectivity index (χ1) is 11.6. The van der Waals surface area contributed by atoms with Gasteiger partial charge in [-0.05, 0) is 25.0 Å². The van der Waals surface area contributed by atoms with Crippen molar-refractivity contribution in [2.75, 3.05) is 32.1 Å². The molecule has 3 rings (SSSR count). The van der Waals surface area contributed by atoms with Crippen LogP contribution in [0.1, 0.15) is 26.2 Å². The number of unbranched alkanes of at least 4 members (excludes halogenated alkanes) is 1. The summed E-state index contributed by atoms with van der Waals surface area (Å²) in [6.07, 6.45) is 2.67. The maximum atomic E-state index is 12.3. The Labute approximate surface area is 142 Å². The molecule has 2 atom stereocenters. The second-order valence-electron chi connectivity index (χ2n) is 6.41. The fourth-order valence-electron chi connectivity index (χ4n) is 2.90. The van der Waals surface area contributed by atoms with Gasteiger partial charge in [0.05, 0.1) is 11.8 Å². The van der Waals surface area contributed by atoms with Gasteiger partial charge in [-0.25, -0.2) is 0 Å². The Hall–Kier alpha value is -2.24. The Morgan fingerprint density at radius 3 is 2.71 bits per heavy atom. The quantitative estimate of drug-likeness (QED) is 0.868. The van der Waals surface area contributed by atoms with Crippen LogP contribution < -0.4 is 14.8 Å². The van der Waals surface area contributed by atoms with Crippen LogP contribution in [0.3, 0.4) is 0 Å². The fourth-order valence-corrected chi connectivity index (χ4v) is 2.90. The van der Waals surface area contributed by atoms with E-state index >= 15 is 0 Å². The van der Waals surface area contributed by atoms with Gasteiger partial charge in [0.15, 0.2) is 11.5 Å². The molecule has 1 heterocycles. The van der Waals surface area contributed by atoms with E-state index in [4.69, 9.17) is 9.47 Å². The van der Waals surface area contributed by atoms with Gasteiger partial charge in [0.25, 0.3) is 0 Å². The average Bonchev–Trinajstić information content (AvgIpc) is 3.39. The van der Waals surface area contributed by atoms with Gasteiger partial charge in [0, 0.05) is 25.3 Å². The van der Waals surface area contributed by atoms with Crippen LogP contribution in [0.2, 0.25) is 0 Å². The van der Waals surface area contributed by atoms with Crippen molar-refractivity contribution in [2.45, 2.75) is 26.2 Å². The van der Waals surface area contributed by atoms with Crippen molar-refractivity contribution >= 4 is 17.5 Å². The average molecular weight is 332 g/mol. The highest BCUT2D eigenvalue weighted by Gasteiger charge is 2.49. The Bertz CT molecular complexity index is 631. The van der Waals surface area contributed by atoms with Crippen LogP contribution >= 0.6 is 0 Å². The lowest BCUT2D eigenvalue weighted by molar-refractivity contribution is -0.132. The van der Waals surface area contributed by atoms with Crippen molar-refractivity contribution in [2.24, 2.45) is 11.8 Å². The summed E-state index contributed by atoms with van der Waals surface area (Å²) in [5.74, 6) is 0.900. The van der Waals surface area contributed by atoms with Crippen molar-refractivity contribution in [1.29, 1.82) is 0 Å². The number of ether oxygens (including phenoxy) is 2. The molecule has 0 bridgehead atoms. The summed E-state index contributed by atoms with van der Waals surface area (Å²) in [5.41, 5.74) is 0.668. The third kappa shape index (κ3) is 3.63. The number of hydrogen-bond acceptors (Lipinski definition) is 4. The van der Waals surface area contributed by atoms with Crippen LogP contribution in [0, 0.1) is 11.8 Å². The first-order valence-electron chi connectivity index (χ1n) is 8.55. The molecule has 1 saturated carbocycles. The molecule has 1 aliphatic heterocycles. The van der Waals surface area contributed by atoms with E-state index < -0.39 is 0 Å². The summed E-state index contributed by atoms with van der Waals surface area (Å²) in [5, 5.41) is 2.88. The number of benzene rings is 1. The summed E-state index contributed by atoms with van der Waals surface area (Å²) < 4.78 is 11.0. The number of nitrogens with one attached hydrogen (secondary N) is 1. The monoisotopic (exact) mass is 332 g/mol. The van der Waals surface area contributed by atoms with Gasteiger partial charge in [-0.1, -0.05) is 13.3 Å². The minimum Gasteiger partial charge on any atom is -0.486 e. The van der Waals surface area contributed by atoms with Crippen LogP contribution in [-0.4, -0.2) is 43.5 Å². The first kappa shape index (κ1) is 16.6. The van der Waals surface area contributed by atoms with Crippen LogP contribution in [0.4, 0.5) is 5.69 Å². The Morgan fingerprint density at radius 1 is 1.21 bits per heavy atom. The maximum Gasteiger partial charge on any atom is 0.228 e. The van der Waals surface area contributed by atoms with Gasteiger partial charge in [0.1, 0.15) is 13.2 Å². The number of carbonyl (C=O) groups is 2. The highest BCUT2D eigenvalue weighted by molar-refractivity contribution is 5.99. The largest absolute Gasteiger partial charge is 0.486 e. The van der Waals surface area contributed by atoms with Crippen LogP contribution in [0.5, 0.6) is 11.5 Å². The van der Waals surface area contributed by atoms with Gasteiger partial charge in [-0.3, -0.25) is 9.59 Å². The smallest absolute Gasteiger partial charge is 0.228 e. The summed E-state index contributed by atoms with van der Waals surface area (Å²) >= 11 is 0. The zero-order chi connectivity index (χ0) is 17.1. The number of nitrogens with zero attached hydrogens (tertiary/aromatic N) is 1. The molecule has 6 nitrogen and oxygen atoms in total. The van der Waals surface area contributed by atoms with E-state index in [2.05, 4.69) is 12.2 Å². The van der Waals surface area contributed by atoms with Crippen LogP contribution in [0.15, 0.2) is 18.2 Å². The maximum absolute atomic E-state index is 12.3. The van der Waals surface area contributed by atoms with E-state index in [0.29, 0.717) is 36.8 Å². The second kappa shape index (κ2) is 7.11. The summed E-state index contributed by atoms with van der Waals surface area (Å²) in [4.78, 5) is 26.4. The predicted molar refractivity (Wildman–Crippen MR) is 90.2 cm³/mol. The first-order valence-corrected chi connectivity index (χ1v) is 8.55. The van der Waals surface area contributed by atoms with Crippen molar-refractivity contribution in [1.82, 2.24) is 4.90 Å². The molecule has 6 heteroatoms. The van der Waals surface area contributed by atoms with Crippen LogP contribution in [-0.2, 0) is 9.59 Å². The molecule has 1 aromatic carbocycles. The van der Waals surface area contributed by atoms with Crippen molar-refractivity contribution in [3.05, 3.63) is 18.2 Å². The third-order valence-corrected chi connectivity index (χ3v) is 4.48. The lowest BCUT2D eigenvalue weighted by Gasteiger charge is -2.19. The van der Waals surface area contributed by atoms with Gasteiger partial charge in [-0.15, -0.1) is 0 Å². The lowest BCUT2D eigenvalue weighted by atomic mass is 10.2. The Kier molecular flexibility index (Phi) is 4.92. The number of anilines is 1. The Morgan fingerprint density at radius 2 is 1.96 bits per heavy atom. The van der Waals surface area contributed by atoms with Gasteiger partial charge < -0.3 is 19.7 Å². The van der Waals surface area contributed by atoms with E-state index in [1.807, 2.05) is 7.05 Å². The molecule has 0 aromatic heterocycles. The van der Waals surface area contributed by atoms with E-state index in [0.717, 1.165) is 19.4 Å². The van der Waals surface area contributed by atoms with Gasteiger partial charge in [0.2, 0.25) is 11.8 Å². The van der Waals surface area contributed by atoms with Gasteiger partial charge in [-0.2, -0.15) is 0 Å². The van der Waals surface area contributed by atoms with Crippen molar-refractivity contribution < 1.29 is 19.1 Å². The highest BCUT2D eigenvalue weighted by atomic mass is 16.6. The molecule has 1 fully saturated rings. The molecular weight excluding hydrogens is 308 g/mol. The van der Waals surface area contributed by atoms with E-state index in [1.54, 1.807) is 23.1 Å². The molecule has 0 spiro atoms. The highest BCUT2D eigenvalue weighted by Crippen LogP contribution is 2.41. The molecule has 24 heavy (non-hydrogen) atoms. The summed E-state index contributed by atoms with van der Waals surface area (Å²) in [6, 6.07) is 5.34. The van der Waals surface area contributed by atoms with E-state index in [-0.39, 0.29) is 23.7 Å².